The fraction of sp³-hybridized carbons (Fsp3) is 0.579. The Bertz CT molecular complexity index is 407. The van der Waals surface area contributed by atoms with E-state index in [9.17, 15) is 0 Å². The lowest BCUT2D eigenvalue weighted by Crippen LogP contribution is -2.24. The van der Waals surface area contributed by atoms with Crippen molar-refractivity contribution in [2.24, 2.45) is 5.41 Å². The Labute approximate surface area is 118 Å². The molecule has 1 aromatic rings. The van der Waals surface area contributed by atoms with Gasteiger partial charge in [0.2, 0.25) is 0 Å². The quantitative estimate of drug-likeness (QED) is 0.621. The molecule has 102 valence electrons. The third-order valence-corrected chi connectivity index (χ3v) is 4.76. The summed E-state index contributed by atoms with van der Waals surface area (Å²) in [5.74, 6) is 2.69. The summed E-state index contributed by atoms with van der Waals surface area (Å²) in [6, 6.07) is 8.56. The Hall–Kier alpha value is -1.22. The van der Waals surface area contributed by atoms with Gasteiger partial charge >= 0.3 is 0 Å². The van der Waals surface area contributed by atoms with Gasteiger partial charge in [0.1, 0.15) is 0 Å². The zero-order chi connectivity index (χ0) is 13.6. The second-order valence-corrected chi connectivity index (χ2v) is 6.15. The highest BCUT2D eigenvalue weighted by Gasteiger charge is 2.30. The van der Waals surface area contributed by atoms with Crippen LogP contribution < -0.4 is 0 Å². The van der Waals surface area contributed by atoms with Gasteiger partial charge in [0.15, 0.2) is 0 Å². The second-order valence-electron chi connectivity index (χ2n) is 6.15. The first-order valence-corrected chi connectivity index (χ1v) is 7.83. The van der Waals surface area contributed by atoms with Crippen molar-refractivity contribution >= 4 is 0 Å². The zero-order valence-electron chi connectivity index (χ0n) is 12.3. The first-order valence-electron chi connectivity index (χ1n) is 7.83. The lowest BCUT2D eigenvalue weighted by molar-refractivity contribution is 0.156. The van der Waals surface area contributed by atoms with E-state index in [1.807, 2.05) is 0 Å². The molecule has 1 aliphatic rings. The minimum atomic E-state index is 0.637. The number of aryl methyl sites for hydroxylation is 1. The monoisotopic (exact) mass is 254 g/mol. The molecule has 0 amide bonds. The van der Waals surface area contributed by atoms with Gasteiger partial charge in [-0.05, 0) is 55.2 Å². The van der Waals surface area contributed by atoms with Crippen molar-refractivity contribution in [3.05, 3.63) is 35.4 Å². The number of rotatable bonds is 5. The summed E-state index contributed by atoms with van der Waals surface area (Å²) in [5.41, 5.74) is 3.07. The molecular formula is C19H26. The van der Waals surface area contributed by atoms with E-state index in [0.29, 0.717) is 5.41 Å². The number of hydrogen-bond acceptors (Lipinski definition) is 0. The highest BCUT2D eigenvalue weighted by atomic mass is 14.4. The van der Waals surface area contributed by atoms with Crippen LogP contribution in [0.5, 0.6) is 0 Å². The van der Waals surface area contributed by atoms with Crippen LogP contribution in [0.2, 0.25) is 0 Å². The molecule has 0 heteroatoms. The highest BCUT2D eigenvalue weighted by molar-refractivity contribution is 5.34. The number of hydrogen-bond donors (Lipinski definition) is 0. The van der Waals surface area contributed by atoms with E-state index in [1.165, 1.54) is 63.4 Å². The van der Waals surface area contributed by atoms with Crippen molar-refractivity contribution in [3.63, 3.8) is 0 Å². The molecule has 19 heavy (non-hydrogen) atoms. The lowest BCUT2D eigenvalue weighted by atomic mass is 9.68. The Morgan fingerprint density at radius 2 is 1.74 bits per heavy atom. The van der Waals surface area contributed by atoms with Gasteiger partial charge in [0.25, 0.3) is 0 Å². The van der Waals surface area contributed by atoms with E-state index in [-0.39, 0.29) is 0 Å². The summed E-state index contributed by atoms with van der Waals surface area (Å²) in [4.78, 5) is 0. The van der Waals surface area contributed by atoms with Gasteiger partial charge in [-0.25, -0.2) is 0 Å². The molecule has 1 fully saturated rings. The third-order valence-electron chi connectivity index (χ3n) is 4.76. The molecule has 0 radical (unpaired) electrons. The van der Waals surface area contributed by atoms with E-state index >= 15 is 0 Å². The Morgan fingerprint density at radius 3 is 2.32 bits per heavy atom. The van der Waals surface area contributed by atoms with Crippen molar-refractivity contribution in [2.45, 2.75) is 64.7 Å². The van der Waals surface area contributed by atoms with Crippen molar-refractivity contribution in [1.29, 1.82) is 0 Å². The molecule has 1 aliphatic carbocycles. The molecule has 0 aliphatic heterocycles. The maximum absolute atomic E-state index is 5.40. The smallest absolute Gasteiger partial charge is 0.0242 e. The van der Waals surface area contributed by atoms with Crippen LogP contribution in [-0.4, -0.2) is 0 Å². The van der Waals surface area contributed by atoms with Crippen LogP contribution in [0.25, 0.3) is 0 Å². The fourth-order valence-electron chi connectivity index (χ4n) is 3.63. The molecule has 0 saturated heterocycles. The van der Waals surface area contributed by atoms with Crippen LogP contribution >= 0.6 is 0 Å². The average Bonchev–Trinajstić information content (AvgIpc) is 2.47. The third kappa shape index (κ3) is 3.87. The van der Waals surface area contributed by atoms with Crippen LogP contribution in [0.3, 0.4) is 0 Å². The second kappa shape index (κ2) is 6.80. The van der Waals surface area contributed by atoms with Gasteiger partial charge in [-0.1, -0.05) is 50.7 Å². The molecule has 1 aromatic carbocycles. The molecule has 1 saturated carbocycles. The molecule has 0 spiro atoms. The number of benzene rings is 1. The summed E-state index contributed by atoms with van der Waals surface area (Å²) in [6.07, 6.45) is 17.9. The van der Waals surface area contributed by atoms with E-state index in [2.05, 4.69) is 37.1 Å². The fourth-order valence-corrected chi connectivity index (χ4v) is 3.63. The van der Waals surface area contributed by atoms with Gasteiger partial charge in [-0.2, -0.15) is 0 Å². The van der Waals surface area contributed by atoms with Gasteiger partial charge in [0.05, 0.1) is 0 Å². The standard InChI is InChI=1S/C19H26/c1-3-13-19(14-6-5-7-15-19)16-12-18-10-8-17(4-2)9-11-18/h2,8-11H,3,5-7,12-16H2,1H3. The normalized spacial score (nSPS) is 17.9. The minimum absolute atomic E-state index is 0.637. The van der Waals surface area contributed by atoms with Gasteiger partial charge in [0, 0.05) is 5.56 Å². The predicted octanol–water partition coefficient (Wildman–Crippen LogP) is 5.35. The molecule has 0 heterocycles. The predicted molar refractivity (Wildman–Crippen MR) is 83.1 cm³/mol. The number of terminal acetylenes is 1. The van der Waals surface area contributed by atoms with Gasteiger partial charge < -0.3 is 0 Å². The van der Waals surface area contributed by atoms with E-state index in [1.54, 1.807) is 0 Å². The largest absolute Gasteiger partial charge is 0.115 e. The molecule has 0 nitrogen and oxygen atoms in total. The lowest BCUT2D eigenvalue weighted by Gasteiger charge is -2.37. The van der Waals surface area contributed by atoms with Crippen LogP contribution in [0.15, 0.2) is 24.3 Å². The molecule has 0 N–H and O–H groups in total. The first kappa shape index (κ1) is 14.2. The topological polar surface area (TPSA) is 0 Å². The highest BCUT2D eigenvalue weighted by Crippen LogP contribution is 2.43. The first-order chi connectivity index (χ1) is 9.28. The van der Waals surface area contributed by atoms with Crippen LogP contribution in [0, 0.1) is 17.8 Å². The van der Waals surface area contributed by atoms with Crippen molar-refractivity contribution in [3.8, 4) is 12.3 Å². The molecular weight excluding hydrogens is 228 g/mol. The Balaban J connectivity index is 1.96. The molecule has 0 unspecified atom stereocenters. The minimum Gasteiger partial charge on any atom is -0.115 e. The summed E-state index contributed by atoms with van der Waals surface area (Å²) in [7, 11) is 0. The SMILES string of the molecule is C#Cc1ccc(CCC2(CCC)CCCCC2)cc1. The van der Waals surface area contributed by atoms with Crippen LogP contribution in [0.1, 0.15) is 69.4 Å². The van der Waals surface area contributed by atoms with Crippen LogP contribution in [0.4, 0.5) is 0 Å². The maximum atomic E-state index is 5.40. The van der Waals surface area contributed by atoms with Crippen LogP contribution in [-0.2, 0) is 6.42 Å². The molecule has 0 bridgehead atoms. The molecule has 2 rings (SSSR count). The van der Waals surface area contributed by atoms with Crippen molar-refractivity contribution < 1.29 is 0 Å². The van der Waals surface area contributed by atoms with Gasteiger partial charge in [-0.15, -0.1) is 6.42 Å². The zero-order valence-corrected chi connectivity index (χ0v) is 12.3. The summed E-state index contributed by atoms with van der Waals surface area (Å²) >= 11 is 0. The molecule has 0 atom stereocenters. The summed E-state index contributed by atoms with van der Waals surface area (Å²) in [5, 5.41) is 0. The summed E-state index contributed by atoms with van der Waals surface area (Å²) < 4.78 is 0. The van der Waals surface area contributed by atoms with E-state index < -0.39 is 0 Å². The van der Waals surface area contributed by atoms with E-state index in [0.717, 1.165) is 5.56 Å². The Morgan fingerprint density at radius 1 is 1.05 bits per heavy atom. The average molecular weight is 254 g/mol. The maximum Gasteiger partial charge on any atom is 0.0242 e. The summed E-state index contributed by atoms with van der Waals surface area (Å²) in [6.45, 7) is 2.33. The van der Waals surface area contributed by atoms with Gasteiger partial charge in [-0.3, -0.25) is 0 Å². The Kier molecular flexibility index (Phi) is 5.08. The van der Waals surface area contributed by atoms with Crippen molar-refractivity contribution in [1.82, 2.24) is 0 Å². The van der Waals surface area contributed by atoms with E-state index in [4.69, 9.17) is 6.42 Å². The molecule has 0 aromatic heterocycles. The van der Waals surface area contributed by atoms with Crippen molar-refractivity contribution in [2.75, 3.05) is 0 Å².